The van der Waals surface area contributed by atoms with Gasteiger partial charge in [-0.25, -0.2) is 0 Å². The molecule has 0 spiro atoms. The van der Waals surface area contributed by atoms with Crippen LogP contribution >= 0.6 is 22.6 Å². The number of aliphatic hydroxyl groups excluding tert-OH is 1. The number of aliphatic hydroxyl groups is 1. The van der Waals surface area contributed by atoms with Crippen molar-refractivity contribution in [1.82, 2.24) is 0 Å². The first-order valence-electron chi connectivity index (χ1n) is 6.61. The van der Waals surface area contributed by atoms with Crippen LogP contribution in [0.2, 0.25) is 0 Å². The number of hydrogen-bond acceptors (Lipinski definition) is 2. The average molecular weight is 377 g/mol. The van der Waals surface area contributed by atoms with Gasteiger partial charge in [0.15, 0.2) is 4.23 Å². The van der Waals surface area contributed by atoms with Crippen molar-refractivity contribution >= 4 is 39.9 Å². The Morgan fingerprint density at radius 3 is 2.60 bits per heavy atom. The summed E-state index contributed by atoms with van der Waals surface area (Å²) < 4.78 is -0.548. The highest BCUT2D eigenvalue weighted by Crippen LogP contribution is 2.33. The molecule has 0 aromatic heterocycles. The number of fused-ring (bicyclic) bond motifs is 2. The molecule has 20 heavy (non-hydrogen) atoms. The van der Waals surface area contributed by atoms with Crippen LogP contribution in [-0.4, -0.2) is 9.34 Å². The molecule has 1 aliphatic rings. The zero-order chi connectivity index (χ0) is 14.1. The second-order valence-corrected chi connectivity index (χ2v) is 6.10. The van der Waals surface area contributed by atoms with E-state index in [1.165, 1.54) is 16.7 Å². The molecule has 0 amide bonds. The zero-order valence-electron chi connectivity index (χ0n) is 11.3. The third-order valence-electron chi connectivity index (χ3n) is 3.66. The van der Waals surface area contributed by atoms with Gasteiger partial charge in [-0.05, 0) is 63.9 Å². The highest BCUT2D eigenvalue weighted by molar-refractivity contribution is 14.1. The molecule has 3 heteroatoms. The van der Waals surface area contributed by atoms with E-state index in [9.17, 15) is 5.11 Å². The largest absolute Gasteiger partial charge is 0.365 e. The Hall–Kier alpha value is -1.33. The van der Waals surface area contributed by atoms with Gasteiger partial charge < -0.3 is 10.0 Å². The molecule has 102 valence electrons. The Morgan fingerprint density at radius 2 is 1.80 bits per heavy atom. The second kappa shape index (κ2) is 5.58. The summed E-state index contributed by atoms with van der Waals surface area (Å²) in [6, 6.07) is 16.6. The van der Waals surface area contributed by atoms with Gasteiger partial charge in [0.05, 0.1) is 0 Å². The molecule has 0 fully saturated rings. The van der Waals surface area contributed by atoms with Crippen molar-refractivity contribution in [3.8, 4) is 0 Å². The minimum absolute atomic E-state index is 0.548. The molecule has 2 aromatic rings. The van der Waals surface area contributed by atoms with Crippen LogP contribution in [0.25, 0.3) is 11.6 Å². The summed E-state index contributed by atoms with van der Waals surface area (Å²) >= 11 is 2.05. The summed E-state index contributed by atoms with van der Waals surface area (Å²) in [4.78, 5) is 2.03. The Balaban J connectivity index is 2.23. The lowest BCUT2D eigenvalue weighted by molar-refractivity contribution is 0.270. The fraction of sp³-hybridized carbons (Fsp3) is 0.176. The minimum Gasteiger partial charge on any atom is -0.365 e. The van der Waals surface area contributed by atoms with Crippen LogP contribution in [0.1, 0.15) is 23.6 Å². The van der Waals surface area contributed by atoms with Crippen molar-refractivity contribution in [2.24, 2.45) is 0 Å². The predicted octanol–water partition coefficient (Wildman–Crippen LogP) is 4.28. The van der Waals surface area contributed by atoms with Crippen LogP contribution < -0.4 is 4.90 Å². The Bertz CT molecular complexity index is 664. The van der Waals surface area contributed by atoms with Crippen molar-refractivity contribution in [2.45, 2.75) is 17.7 Å². The first kappa shape index (κ1) is 13.6. The summed E-state index contributed by atoms with van der Waals surface area (Å²) in [6.07, 6.45) is 2.19. The molecule has 1 aliphatic heterocycles. The molecule has 0 aliphatic carbocycles. The van der Waals surface area contributed by atoms with Crippen molar-refractivity contribution < 1.29 is 5.11 Å². The van der Waals surface area contributed by atoms with E-state index >= 15 is 0 Å². The number of anilines is 1. The molecule has 1 unspecified atom stereocenters. The van der Waals surface area contributed by atoms with Crippen molar-refractivity contribution in [2.75, 3.05) is 4.90 Å². The van der Waals surface area contributed by atoms with Crippen LogP contribution in [-0.2, 0) is 6.54 Å². The molecule has 0 saturated carbocycles. The van der Waals surface area contributed by atoms with Crippen molar-refractivity contribution in [1.29, 1.82) is 0 Å². The van der Waals surface area contributed by atoms with Gasteiger partial charge in [0.2, 0.25) is 0 Å². The molecular formula is C17H16INO. The number of allylic oxidation sites excluding steroid dienone is 1. The van der Waals surface area contributed by atoms with Gasteiger partial charge in [0.25, 0.3) is 0 Å². The van der Waals surface area contributed by atoms with E-state index in [1.54, 1.807) is 0 Å². The lowest BCUT2D eigenvalue weighted by Gasteiger charge is -2.31. The van der Waals surface area contributed by atoms with Crippen LogP contribution in [0.4, 0.5) is 5.69 Å². The van der Waals surface area contributed by atoms with E-state index in [4.69, 9.17) is 0 Å². The van der Waals surface area contributed by atoms with Crippen molar-refractivity contribution in [3.63, 3.8) is 0 Å². The smallest absolute Gasteiger partial charge is 0.180 e. The molecule has 2 nitrogen and oxygen atoms in total. The monoisotopic (exact) mass is 377 g/mol. The maximum absolute atomic E-state index is 10.1. The second-order valence-electron chi connectivity index (χ2n) is 4.98. The van der Waals surface area contributed by atoms with E-state index in [-0.39, 0.29) is 0 Å². The molecular weight excluding hydrogens is 361 g/mol. The lowest BCUT2D eigenvalue weighted by Crippen LogP contribution is -2.31. The first-order chi connectivity index (χ1) is 9.66. The highest BCUT2D eigenvalue weighted by atomic mass is 127. The zero-order valence-corrected chi connectivity index (χ0v) is 13.4. The number of hydrogen-bond donors (Lipinski definition) is 1. The van der Waals surface area contributed by atoms with Crippen LogP contribution in [0, 0.1) is 0 Å². The van der Waals surface area contributed by atoms with E-state index in [2.05, 4.69) is 72.0 Å². The third kappa shape index (κ3) is 2.47. The Kier molecular flexibility index (Phi) is 3.81. The first-order valence-corrected chi connectivity index (χ1v) is 7.86. The Morgan fingerprint density at radius 1 is 1.10 bits per heavy atom. The van der Waals surface area contributed by atoms with E-state index in [0.717, 1.165) is 11.3 Å². The molecule has 1 heterocycles. The fourth-order valence-electron chi connectivity index (χ4n) is 2.68. The number of benzene rings is 2. The predicted molar refractivity (Wildman–Crippen MR) is 92.6 cm³/mol. The molecule has 3 rings (SSSR count). The highest BCUT2D eigenvalue weighted by Gasteiger charge is 2.20. The molecule has 1 atom stereocenters. The van der Waals surface area contributed by atoms with E-state index in [1.807, 2.05) is 17.0 Å². The summed E-state index contributed by atoms with van der Waals surface area (Å²) in [5, 5.41) is 10.1. The van der Waals surface area contributed by atoms with Gasteiger partial charge in [0.1, 0.15) is 0 Å². The number of rotatable bonds is 1. The maximum Gasteiger partial charge on any atom is 0.180 e. The quantitative estimate of drug-likeness (QED) is 0.456. The van der Waals surface area contributed by atoms with E-state index in [0.29, 0.717) is 6.54 Å². The summed E-state index contributed by atoms with van der Waals surface area (Å²) in [5.74, 6) is 0. The molecule has 0 bridgehead atoms. The average Bonchev–Trinajstić information content (AvgIpc) is 2.44. The van der Waals surface area contributed by atoms with Gasteiger partial charge >= 0.3 is 0 Å². The molecule has 0 radical (unpaired) electrons. The van der Waals surface area contributed by atoms with Gasteiger partial charge in [0, 0.05) is 12.2 Å². The number of nitrogens with zero attached hydrogens (tertiary/aromatic N) is 1. The van der Waals surface area contributed by atoms with Crippen LogP contribution in [0.5, 0.6) is 0 Å². The lowest BCUT2D eigenvalue weighted by atomic mass is 9.96. The molecule has 1 N–H and O–H groups in total. The number of para-hydroxylation sites is 1. The minimum atomic E-state index is -0.548. The van der Waals surface area contributed by atoms with Gasteiger partial charge in [-0.2, -0.15) is 0 Å². The summed E-state index contributed by atoms with van der Waals surface area (Å²) in [5.41, 5.74) is 5.98. The standard InChI is InChI=1S/C17H16INO/c1-12-10-13-6-3-5-9-16(13)19(17(18)20)11-14-7-2-4-8-15(12)14/h2-10,17,20H,11H2,1H3/b12-10-. The van der Waals surface area contributed by atoms with Gasteiger partial charge in [-0.15, -0.1) is 0 Å². The fourth-order valence-corrected chi connectivity index (χ4v) is 3.18. The van der Waals surface area contributed by atoms with Crippen LogP contribution in [0.15, 0.2) is 48.5 Å². The molecule has 2 aromatic carbocycles. The van der Waals surface area contributed by atoms with Crippen LogP contribution in [0.3, 0.4) is 0 Å². The summed E-state index contributed by atoms with van der Waals surface area (Å²) in [6.45, 7) is 2.86. The van der Waals surface area contributed by atoms with Gasteiger partial charge in [-0.1, -0.05) is 42.5 Å². The topological polar surface area (TPSA) is 23.5 Å². The molecule has 0 saturated heterocycles. The normalized spacial score (nSPS) is 18.1. The van der Waals surface area contributed by atoms with E-state index < -0.39 is 4.23 Å². The Labute approximate surface area is 132 Å². The summed E-state index contributed by atoms with van der Waals surface area (Å²) in [7, 11) is 0. The number of alkyl halides is 1. The van der Waals surface area contributed by atoms with Crippen molar-refractivity contribution in [3.05, 3.63) is 65.2 Å². The maximum atomic E-state index is 10.1. The third-order valence-corrected chi connectivity index (χ3v) is 4.33. The van der Waals surface area contributed by atoms with Gasteiger partial charge in [-0.3, -0.25) is 0 Å². The SMILES string of the molecule is C/C1=C/c2ccccc2N(C(O)I)Cc2ccccc21. The number of halogens is 1.